The monoisotopic (exact) mass is 540 g/mol. The maximum absolute atomic E-state index is 13.0. The van der Waals surface area contributed by atoms with Crippen molar-refractivity contribution < 1.29 is 14.6 Å². The maximum Gasteiger partial charge on any atom is 0.169 e. The smallest absolute Gasteiger partial charge is 0.169 e. The van der Waals surface area contributed by atoms with E-state index in [0.29, 0.717) is 43.0 Å². The first-order valence-corrected chi connectivity index (χ1v) is 14.3. The molecule has 1 N–H and O–H groups in total. The third-order valence-corrected chi connectivity index (χ3v) is 11.6. The van der Waals surface area contributed by atoms with Gasteiger partial charge >= 0.3 is 0 Å². The fraction of sp³-hybridized carbons (Fsp3) is 0.645. The van der Waals surface area contributed by atoms with Gasteiger partial charge in [-0.3, -0.25) is 4.79 Å². The summed E-state index contributed by atoms with van der Waals surface area (Å²) in [5, 5.41) is 11.4. The van der Waals surface area contributed by atoms with Gasteiger partial charge in [0.05, 0.1) is 6.61 Å². The number of carbonyl (C=O) groups excluding carboxylic acids is 1. The Kier molecular flexibility index (Phi) is 6.51. The minimum absolute atomic E-state index is 0.0685. The molecule has 3 saturated carbocycles. The van der Waals surface area contributed by atoms with E-state index >= 15 is 0 Å². The van der Waals surface area contributed by atoms with Crippen LogP contribution in [-0.4, -0.2) is 16.7 Å². The highest BCUT2D eigenvalue weighted by molar-refractivity contribution is 9.10. The van der Waals surface area contributed by atoms with Gasteiger partial charge in [-0.05, 0) is 98.1 Å². The van der Waals surface area contributed by atoms with Gasteiger partial charge in [0.2, 0.25) is 0 Å². The first-order chi connectivity index (χ1) is 16.6. The molecule has 4 heteroatoms. The van der Waals surface area contributed by atoms with E-state index < -0.39 is 5.79 Å². The number of Topliss-reactive ketones (excluding diaryl/α,β-unsaturated/α-hetero) is 1. The molecule has 0 saturated heterocycles. The molecular formula is C31H41BrO3. The van der Waals surface area contributed by atoms with Crippen LogP contribution in [0.25, 0.3) is 0 Å². The summed E-state index contributed by atoms with van der Waals surface area (Å²) in [7, 11) is 0. The summed E-state index contributed by atoms with van der Waals surface area (Å²) in [6.07, 6.45) is 13.0. The Morgan fingerprint density at radius 3 is 2.54 bits per heavy atom. The van der Waals surface area contributed by atoms with Crippen molar-refractivity contribution in [1.29, 1.82) is 0 Å². The van der Waals surface area contributed by atoms with Crippen LogP contribution < -0.4 is 0 Å². The summed E-state index contributed by atoms with van der Waals surface area (Å²) in [6.45, 7) is 11.1. The Bertz CT molecular complexity index is 1030. The van der Waals surface area contributed by atoms with E-state index in [-0.39, 0.29) is 16.2 Å². The second-order valence-corrected chi connectivity index (χ2v) is 13.3. The number of halogens is 1. The molecule has 0 spiro atoms. The molecule has 0 amide bonds. The van der Waals surface area contributed by atoms with Crippen LogP contribution >= 0.6 is 15.9 Å². The fourth-order valence-electron chi connectivity index (χ4n) is 8.98. The molecule has 0 aliphatic heterocycles. The molecule has 0 heterocycles. The van der Waals surface area contributed by atoms with Gasteiger partial charge in [0.15, 0.2) is 5.79 Å². The number of hydrogen-bond donors (Lipinski definition) is 1. The summed E-state index contributed by atoms with van der Waals surface area (Å²) < 4.78 is 7.19. The topological polar surface area (TPSA) is 46.5 Å². The zero-order valence-corrected chi connectivity index (χ0v) is 23.2. The second kappa shape index (κ2) is 8.96. The summed E-state index contributed by atoms with van der Waals surface area (Å²) in [5.74, 6) is 1.13. The van der Waals surface area contributed by atoms with Crippen molar-refractivity contribution in [1.82, 2.24) is 0 Å². The van der Waals surface area contributed by atoms with E-state index in [1.54, 1.807) is 0 Å². The van der Waals surface area contributed by atoms with E-state index in [1.807, 2.05) is 37.3 Å². The van der Waals surface area contributed by atoms with Crippen molar-refractivity contribution in [2.24, 2.45) is 34.0 Å². The quantitative estimate of drug-likeness (QED) is 0.296. The predicted octanol–water partition coefficient (Wildman–Crippen LogP) is 7.77. The highest BCUT2D eigenvalue weighted by Crippen LogP contribution is 2.70. The SMILES string of the molecule is C=CCC1(C(C)=O)CCC2C3CC=C4CC(O)(OCc5ccc(Br)cc5)CCC4(C)C3CCC21C. The number of rotatable bonds is 6. The first-order valence-electron chi connectivity index (χ1n) is 13.5. The molecule has 190 valence electrons. The van der Waals surface area contributed by atoms with Crippen LogP contribution in [0.4, 0.5) is 0 Å². The number of fused-ring (bicyclic) bond motifs is 5. The molecule has 35 heavy (non-hydrogen) atoms. The number of aliphatic hydroxyl groups is 1. The molecule has 3 fully saturated rings. The summed E-state index contributed by atoms with van der Waals surface area (Å²) in [6, 6.07) is 8.11. The number of allylic oxidation sites excluding steroid dienone is 2. The van der Waals surface area contributed by atoms with Crippen molar-refractivity contribution in [2.75, 3.05) is 0 Å². The highest BCUT2D eigenvalue weighted by Gasteiger charge is 2.65. The minimum Gasteiger partial charge on any atom is -0.365 e. The number of ether oxygens (including phenoxy) is 1. The van der Waals surface area contributed by atoms with Gasteiger partial charge in [-0.1, -0.05) is 59.6 Å². The van der Waals surface area contributed by atoms with E-state index in [9.17, 15) is 9.90 Å². The molecule has 7 atom stereocenters. The van der Waals surface area contributed by atoms with Crippen molar-refractivity contribution in [3.05, 3.63) is 58.6 Å². The minimum atomic E-state index is -1.09. The summed E-state index contributed by atoms with van der Waals surface area (Å²) in [5.41, 5.74) is 2.43. The molecule has 7 unspecified atom stereocenters. The Labute approximate surface area is 219 Å². The zero-order valence-electron chi connectivity index (χ0n) is 21.6. The molecule has 1 aromatic carbocycles. The van der Waals surface area contributed by atoms with Gasteiger partial charge in [0.1, 0.15) is 5.78 Å². The molecule has 4 aliphatic rings. The van der Waals surface area contributed by atoms with E-state index in [4.69, 9.17) is 4.74 Å². The Balaban J connectivity index is 1.35. The number of carbonyl (C=O) groups is 1. The van der Waals surface area contributed by atoms with Crippen LogP contribution in [0.2, 0.25) is 0 Å². The lowest BCUT2D eigenvalue weighted by Crippen LogP contribution is -2.55. The third-order valence-electron chi connectivity index (χ3n) is 11.1. The van der Waals surface area contributed by atoms with Gasteiger partial charge in [-0.15, -0.1) is 6.58 Å². The fourth-order valence-corrected chi connectivity index (χ4v) is 9.24. The molecule has 3 nitrogen and oxygen atoms in total. The summed E-state index contributed by atoms with van der Waals surface area (Å²) >= 11 is 3.48. The molecule has 0 radical (unpaired) electrons. The zero-order chi connectivity index (χ0) is 25.1. The molecule has 0 bridgehead atoms. The van der Waals surface area contributed by atoms with Gasteiger partial charge in [-0.25, -0.2) is 0 Å². The first kappa shape index (κ1) is 25.4. The van der Waals surface area contributed by atoms with Crippen LogP contribution in [0.15, 0.2) is 53.0 Å². The molecule has 5 rings (SSSR count). The molecule has 1 aromatic rings. The predicted molar refractivity (Wildman–Crippen MR) is 144 cm³/mol. The number of benzene rings is 1. The van der Waals surface area contributed by atoms with E-state index in [2.05, 4.69) is 42.4 Å². The highest BCUT2D eigenvalue weighted by atomic mass is 79.9. The lowest BCUT2D eigenvalue weighted by molar-refractivity contribution is -0.231. The normalized spacial score (nSPS) is 42.4. The van der Waals surface area contributed by atoms with Gasteiger partial charge in [-0.2, -0.15) is 0 Å². The van der Waals surface area contributed by atoms with Gasteiger partial charge in [0, 0.05) is 22.7 Å². The maximum atomic E-state index is 13.0. The van der Waals surface area contributed by atoms with Crippen molar-refractivity contribution in [3.8, 4) is 0 Å². The van der Waals surface area contributed by atoms with Crippen molar-refractivity contribution >= 4 is 21.7 Å². The molecule has 0 aromatic heterocycles. The number of hydrogen-bond acceptors (Lipinski definition) is 3. The van der Waals surface area contributed by atoms with Crippen LogP contribution in [0.1, 0.15) is 84.1 Å². The van der Waals surface area contributed by atoms with E-state index in [1.165, 1.54) is 12.0 Å². The number of ketones is 1. The largest absolute Gasteiger partial charge is 0.365 e. The Morgan fingerprint density at radius 1 is 1.14 bits per heavy atom. The van der Waals surface area contributed by atoms with Crippen LogP contribution in [-0.2, 0) is 16.1 Å². The van der Waals surface area contributed by atoms with Crippen LogP contribution in [0, 0.1) is 34.0 Å². The second-order valence-electron chi connectivity index (χ2n) is 12.4. The Morgan fingerprint density at radius 2 is 1.86 bits per heavy atom. The summed E-state index contributed by atoms with van der Waals surface area (Å²) in [4.78, 5) is 13.0. The van der Waals surface area contributed by atoms with Crippen LogP contribution in [0.3, 0.4) is 0 Å². The van der Waals surface area contributed by atoms with Crippen LogP contribution in [0.5, 0.6) is 0 Å². The molecular weight excluding hydrogens is 500 g/mol. The average molecular weight is 542 g/mol. The molecule has 4 aliphatic carbocycles. The van der Waals surface area contributed by atoms with Crippen molar-refractivity contribution in [3.63, 3.8) is 0 Å². The Hall–Kier alpha value is -1.23. The van der Waals surface area contributed by atoms with Gasteiger partial charge < -0.3 is 9.84 Å². The van der Waals surface area contributed by atoms with Crippen molar-refractivity contribution in [2.45, 2.75) is 91.0 Å². The standard InChI is InChI=1S/C31H41BrO3/c1-5-14-30(21(2)33)16-13-27-25-11-8-23-19-31(34,35-20-22-6-9-24(32)10-7-22)18-17-28(23,3)26(25)12-15-29(27,30)4/h5-10,25-27,34H,1,11-20H2,2-4H3. The lowest BCUT2D eigenvalue weighted by atomic mass is 9.45. The lowest BCUT2D eigenvalue weighted by Gasteiger charge is -2.60. The van der Waals surface area contributed by atoms with E-state index in [0.717, 1.165) is 48.6 Å². The van der Waals surface area contributed by atoms with Gasteiger partial charge in [0.25, 0.3) is 0 Å². The third kappa shape index (κ3) is 3.94. The average Bonchev–Trinajstić information content (AvgIpc) is 3.13.